The SMILES string of the molecule is CC(C)(C)c1nc(CC2CCCCO2)oc1C(=O)O. The first-order valence-corrected chi connectivity index (χ1v) is 6.73. The number of nitrogens with zero attached hydrogens (tertiary/aromatic N) is 1. The Morgan fingerprint density at radius 1 is 1.42 bits per heavy atom. The lowest BCUT2D eigenvalue weighted by Gasteiger charge is -2.21. The van der Waals surface area contributed by atoms with E-state index in [2.05, 4.69) is 4.98 Å². The van der Waals surface area contributed by atoms with E-state index in [1.54, 1.807) is 0 Å². The quantitative estimate of drug-likeness (QED) is 0.911. The smallest absolute Gasteiger partial charge is 0.373 e. The maximum absolute atomic E-state index is 11.2. The van der Waals surface area contributed by atoms with Gasteiger partial charge in [0.05, 0.1) is 18.2 Å². The summed E-state index contributed by atoms with van der Waals surface area (Å²) >= 11 is 0. The van der Waals surface area contributed by atoms with Crippen molar-refractivity contribution < 1.29 is 19.1 Å². The topological polar surface area (TPSA) is 72.6 Å². The molecule has 1 aliphatic heterocycles. The molecule has 1 atom stereocenters. The van der Waals surface area contributed by atoms with Crippen molar-refractivity contribution in [2.24, 2.45) is 0 Å². The maximum Gasteiger partial charge on any atom is 0.373 e. The van der Waals surface area contributed by atoms with Crippen molar-refractivity contribution in [1.82, 2.24) is 4.98 Å². The molecule has 0 bridgehead atoms. The van der Waals surface area contributed by atoms with E-state index in [0.29, 0.717) is 18.0 Å². The molecule has 0 aliphatic carbocycles. The van der Waals surface area contributed by atoms with Crippen molar-refractivity contribution in [1.29, 1.82) is 0 Å². The van der Waals surface area contributed by atoms with Crippen molar-refractivity contribution in [3.05, 3.63) is 17.3 Å². The predicted molar refractivity (Wildman–Crippen MR) is 69.5 cm³/mol. The number of ether oxygens (including phenoxy) is 1. The Labute approximate surface area is 113 Å². The molecule has 1 aliphatic rings. The van der Waals surface area contributed by atoms with Gasteiger partial charge in [0.25, 0.3) is 0 Å². The molecule has 2 rings (SSSR count). The molecule has 5 heteroatoms. The van der Waals surface area contributed by atoms with Crippen molar-refractivity contribution >= 4 is 5.97 Å². The summed E-state index contributed by atoms with van der Waals surface area (Å²) in [5.41, 5.74) is 0.161. The average Bonchev–Trinajstić information content (AvgIpc) is 2.74. The molecular weight excluding hydrogens is 246 g/mol. The predicted octanol–water partition coefficient (Wildman–Crippen LogP) is 2.78. The van der Waals surface area contributed by atoms with Gasteiger partial charge in [0, 0.05) is 12.0 Å². The summed E-state index contributed by atoms with van der Waals surface area (Å²) in [5, 5.41) is 9.18. The van der Waals surface area contributed by atoms with Crippen molar-refractivity contribution in [3.63, 3.8) is 0 Å². The van der Waals surface area contributed by atoms with E-state index in [9.17, 15) is 9.90 Å². The molecule has 5 nitrogen and oxygen atoms in total. The van der Waals surface area contributed by atoms with Crippen LogP contribution in [0.3, 0.4) is 0 Å². The number of hydrogen-bond acceptors (Lipinski definition) is 4. The Bertz CT molecular complexity index is 453. The molecule has 19 heavy (non-hydrogen) atoms. The molecule has 0 spiro atoms. The second-order valence-electron chi connectivity index (χ2n) is 6.03. The lowest BCUT2D eigenvalue weighted by Crippen LogP contribution is -2.21. The normalized spacial score (nSPS) is 20.5. The van der Waals surface area contributed by atoms with Crippen LogP contribution < -0.4 is 0 Å². The Kier molecular flexibility index (Phi) is 3.94. The molecule has 1 aromatic rings. The molecule has 1 unspecified atom stereocenters. The van der Waals surface area contributed by atoms with Crippen molar-refractivity contribution in [2.75, 3.05) is 6.61 Å². The van der Waals surface area contributed by atoms with Crippen LogP contribution in [0.4, 0.5) is 0 Å². The summed E-state index contributed by atoms with van der Waals surface area (Å²) in [6.45, 7) is 6.55. The van der Waals surface area contributed by atoms with E-state index in [1.165, 1.54) is 0 Å². The van der Waals surface area contributed by atoms with Gasteiger partial charge in [0.15, 0.2) is 5.89 Å². The zero-order chi connectivity index (χ0) is 14.0. The van der Waals surface area contributed by atoms with E-state index in [4.69, 9.17) is 9.15 Å². The van der Waals surface area contributed by atoms with Gasteiger partial charge in [-0.25, -0.2) is 9.78 Å². The highest BCUT2D eigenvalue weighted by Gasteiger charge is 2.29. The van der Waals surface area contributed by atoms with Gasteiger partial charge in [0.1, 0.15) is 0 Å². The first-order chi connectivity index (χ1) is 8.88. The number of aromatic carboxylic acids is 1. The summed E-state index contributed by atoms with van der Waals surface area (Å²) in [7, 11) is 0. The Hall–Kier alpha value is -1.36. The van der Waals surface area contributed by atoms with Crippen LogP contribution in [-0.4, -0.2) is 28.8 Å². The fourth-order valence-corrected chi connectivity index (χ4v) is 2.27. The van der Waals surface area contributed by atoms with Crippen LogP contribution in [0.1, 0.15) is 62.2 Å². The van der Waals surface area contributed by atoms with Crippen LogP contribution in [0.5, 0.6) is 0 Å². The van der Waals surface area contributed by atoms with Gasteiger partial charge in [-0.1, -0.05) is 20.8 Å². The number of carbonyl (C=O) groups is 1. The highest BCUT2D eigenvalue weighted by atomic mass is 16.5. The molecular formula is C14H21NO4. The van der Waals surface area contributed by atoms with Gasteiger partial charge in [-0.15, -0.1) is 0 Å². The zero-order valence-electron chi connectivity index (χ0n) is 11.7. The largest absolute Gasteiger partial charge is 0.475 e. The van der Waals surface area contributed by atoms with Gasteiger partial charge in [-0.05, 0) is 19.3 Å². The molecule has 0 amide bonds. The number of rotatable bonds is 3. The molecule has 0 aromatic carbocycles. The summed E-state index contributed by atoms with van der Waals surface area (Å²) in [6, 6.07) is 0. The first-order valence-electron chi connectivity index (χ1n) is 6.73. The lowest BCUT2D eigenvalue weighted by molar-refractivity contribution is 0.0129. The minimum Gasteiger partial charge on any atom is -0.475 e. The summed E-state index contributed by atoms with van der Waals surface area (Å²) < 4.78 is 11.0. The second-order valence-corrected chi connectivity index (χ2v) is 6.03. The number of hydrogen-bond donors (Lipinski definition) is 1. The van der Waals surface area contributed by atoms with Crippen molar-refractivity contribution in [2.45, 2.75) is 58.0 Å². The Morgan fingerprint density at radius 3 is 2.63 bits per heavy atom. The van der Waals surface area contributed by atoms with Gasteiger partial charge in [0.2, 0.25) is 5.76 Å². The number of aromatic nitrogens is 1. The summed E-state index contributed by atoms with van der Waals surface area (Å²) in [5.74, 6) is -0.638. The van der Waals surface area contributed by atoms with Gasteiger partial charge < -0.3 is 14.3 Å². The number of carboxylic acids is 1. The van der Waals surface area contributed by atoms with Crippen LogP contribution in [-0.2, 0) is 16.6 Å². The number of carboxylic acid groups (broad SMARTS) is 1. The standard InChI is InChI=1S/C14H21NO4/c1-14(2,3)12-11(13(16)17)19-10(15-12)8-9-6-4-5-7-18-9/h9H,4-8H2,1-3H3,(H,16,17). The third kappa shape index (κ3) is 3.35. The van der Waals surface area contributed by atoms with E-state index < -0.39 is 5.97 Å². The minimum atomic E-state index is -1.06. The maximum atomic E-state index is 11.2. The molecule has 1 saturated heterocycles. The van der Waals surface area contributed by atoms with E-state index in [-0.39, 0.29) is 17.3 Å². The molecule has 106 valence electrons. The average molecular weight is 267 g/mol. The Morgan fingerprint density at radius 2 is 2.16 bits per heavy atom. The zero-order valence-corrected chi connectivity index (χ0v) is 11.7. The minimum absolute atomic E-state index is 0.0432. The fourth-order valence-electron chi connectivity index (χ4n) is 2.27. The monoisotopic (exact) mass is 267 g/mol. The van der Waals surface area contributed by atoms with Crippen LogP contribution in [0.15, 0.2) is 4.42 Å². The molecule has 0 radical (unpaired) electrons. The second kappa shape index (κ2) is 5.33. The Balaban J connectivity index is 2.20. The third-order valence-electron chi connectivity index (χ3n) is 3.25. The van der Waals surface area contributed by atoms with Crippen LogP contribution in [0, 0.1) is 0 Å². The highest BCUT2D eigenvalue weighted by molar-refractivity contribution is 5.86. The first kappa shape index (κ1) is 14.1. The van der Waals surface area contributed by atoms with Crippen LogP contribution >= 0.6 is 0 Å². The van der Waals surface area contributed by atoms with E-state index in [0.717, 1.165) is 25.9 Å². The molecule has 1 aromatic heterocycles. The third-order valence-corrected chi connectivity index (χ3v) is 3.25. The molecule has 1 N–H and O–H groups in total. The van der Waals surface area contributed by atoms with E-state index >= 15 is 0 Å². The molecule has 0 saturated carbocycles. The lowest BCUT2D eigenvalue weighted by atomic mass is 9.91. The van der Waals surface area contributed by atoms with Crippen molar-refractivity contribution in [3.8, 4) is 0 Å². The summed E-state index contributed by atoms with van der Waals surface area (Å²) in [4.78, 5) is 15.6. The molecule has 2 heterocycles. The van der Waals surface area contributed by atoms with Gasteiger partial charge in [-0.2, -0.15) is 0 Å². The summed E-state index contributed by atoms with van der Waals surface area (Å²) in [6.07, 6.45) is 3.87. The molecule has 1 fully saturated rings. The van der Waals surface area contributed by atoms with Gasteiger partial charge in [-0.3, -0.25) is 0 Å². The highest BCUT2D eigenvalue weighted by Crippen LogP contribution is 2.27. The van der Waals surface area contributed by atoms with Gasteiger partial charge >= 0.3 is 5.97 Å². The van der Waals surface area contributed by atoms with Crippen LogP contribution in [0.2, 0.25) is 0 Å². The fraction of sp³-hybridized carbons (Fsp3) is 0.714. The van der Waals surface area contributed by atoms with E-state index in [1.807, 2.05) is 20.8 Å². The number of oxazole rings is 1. The van der Waals surface area contributed by atoms with Crippen LogP contribution in [0.25, 0.3) is 0 Å².